The Bertz CT molecular complexity index is 2550. The number of alkyl halides is 3. The van der Waals surface area contributed by atoms with Crippen molar-refractivity contribution in [3.05, 3.63) is 116 Å². The van der Waals surface area contributed by atoms with Gasteiger partial charge in [-0.25, -0.2) is 4.39 Å². The van der Waals surface area contributed by atoms with Crippen molar-refractivity contribution in [3.8, 4) is 11.1 Å². The molecule has 3 aromatic carbocycles. The van der Waals surface area contributed by atoms with Crippen molar-refractivity contribution < 1.29 is 45.7 Å². The van der Waals surface area contributed by atoms with Crippen LogP contribution in [0.25, 0.3) is 11.1 Å². The van der Waals surface area contributed by atoms with Crippen LogP contribution < -0.4 is 5.56 Å². The molecule has 254 valence electrons. The van der Waals surface area contributed by atoms with Crippen molar-refractivity contribution in [2.75, 3.05) is 26.0 Å². The zero-order valence-corrected chi connectivity index (χ0v) is 26.7. The number of nitrogens with zero attached hydrogens (tertiary/aromatic N) is 4. The van der Waals surface area contributed by atoms with Crippen LogP contribution in [0.3, 0.4) is 0 Å². The fraction of sp³-hybridized carbons (Fsp3) is 0.378. The van der Waals surface area contributed by atoms with E-state index in [4.69, 9.17) is 17.8 Å². The van der Waals surface area contributed by atoms with Crippen molar-refractivity contribution in [3.63, 3.8) is 0 Å². The second-order valence-electron chi connectivity index (χ2n) is 10.3. The monoisotopic (exact) mass is 697 g/mol. The van der Waals surface area contributed by atoms with Gasteiger partial charge >= 0.3 is 6.18 Å². The lowest BCUT2D eigenvalue weighted by Gasteiger charge is -2.28. The Morgan fingerprint density at radius 1 is 1.00 bits per heavy atom. The van der Waals surface area contributed by atoms with Gasteiger partial charge in [-0.05, 0) is 85.2 Å². The van der Waals surface area contributed by atoms with Gasteiger partial charge in [0.25, 0.3) is 5.56 Å². The molecule has 1 aliphatic carbocycles. The quantitative estimate of drug-likeness (QED) is 0.0822. The molecule has 0 N–H and O–H groups in total. The third-order valence-corrected chi connectivity index (χ3v) is 8.12. The summed E-state index contributed by atoms with van der Waals surface area (Å²) in [6, 6.07) is -3.58. The Kier molecular flexibility index (Phi) is 6.23. The maximum absolute atomic E-state index is 15.1. The van der Waals surface area contributed by atoms with Crippen LogP contribution in [0.1, 0.15) is 77.1 Å². The number of rotatable bonds is 13. The summed E-state index contributed by atoms with van der Waals surface area (Å²) in [5.41, 5.74) is -5.83. The molecule has 0 saturated heterocycles. The van der Waals surface area contributed by atoms with Gasteiger partial charge in [0.1, 0.15) is 12.3 Å². The Labute approximate surface area is 306 Å². The van der Waals surface area contributed by atoms with Crippen molar-refractivity contribution in [2.45, 2.75) is 70.2 Å². The number of halogens is 4. The van der Waals surface area contributed by atoms with Crippen LogP contribution in [0.4, 0.5) is 17.6 Å². The predicted octanol–water partition coefficient (Wildman–Crippen LogP) is 7.53. The molecule has 1 heterocycles. The van der Waals surface area contributed by atoms with Crippen LogP contribution in [-0.4, -0.2) is 51.2 Å². The van der Waals surface area contributed by atoms with E-state index < -0.39 is 138 Å². The van der Waals surface area contributed by atoms with Crippen LogP contribution in [0, 0.1) is 12.7 Å². The third kappa shape index (κ3) is 8.54. The highest BCUT2D eigenvalue weighted by molar-refractivity contribution is 7.98. The minimum atomic E-state index is -5.22. The molecular formula is C37H40F4N4O2S. The summed E-state index contributed by atoms with van der Waals surface area (Å²) in [4.78, 5) is 31.9. The summed E-state index contributed by atoms with van der Waals surface area (Å²) >= 11 is 0.713. The molecule has 1 aliphatic rings. The molecule has 0 bridgehead atoms. The maximum Gasteiger partial charge on any atom is 0.416 e. The van der Waals surface area contributed by atoms with Crippen molar-refractivity contribution >= 4 is 17.7 Å². The number of amides is 1. The van der Waals surface area contributed by atoms with Gasteiger partial charge in [0.05, 0.1) is 20.6 Å². The molecule has 0 radical (unpaired) electrons. The van der Waals surface area contributed by atoms with Crippen LogP contribution >= 0.6 is 11.8 Å². The Hall–Kier alpha value is -3.96. The first kappa shape index (κ1) is 19.3. The topological polar surface area (TPSA) is 58.4 Å². The molecule has 48 heavy (non-hydrogen) atoms. The second kappa shape index (κ2) is 15.5. The molecule has 1 aromatic heterocycles. The summed E-state index contributed by atoms with van der Waals surface area (Å²) in [6.07, 6.45) is -4.91. The van der Waals surface area contributed by atoms with Gasteiger partial charge in [0, 0.05) is 44.8 Å². The van der Waals surface area contributed by atoms with Gasteiger partial charge in [-0.1, -0.05) is 74.0 Å². The second-order valence-corrected chi connectivity index (χ2v) is 11.3. The van der Waals surface area contributed by atoms with Gasteiger partial charge in [-0.3, -0.25) is 9.59 Å². The SMILES string of the molecule is [2H]c1c([2H])c(-c2c([2H])c([2H])c(C(F)(F)F)c(C)c2[2H])c([2H])c([2H])c1CN(C(=O)C([2H])([2H])n1c(SCc2ccc(F)cc2)nc(=O)c2c1CCC2)C([2H])([2H])C([2H])([2H])N(C([2H])([2H])C)C([2H])([2H])C. The van der Waals surface area contributed by atoms with Crippen molar-refractivity contribution in [1.82, 2.24) is 19.4 Å². The summed E-state index contributed by atoms with van der Waals surface area (Å²) in [5, 5.41) is -0.454. The highest BCUT2D eigenvalue weighted by atomic mass is 32.2. The molecule has 0 fully saturated rings. The van der Waals surface area contributed by atoms with Crippen LogP contribution in [-0.2, 0) is 42.6 Å². The van der Waals surface area contributed by atoms with E-state index in [0.717, 1.165) is 19.1 Å². The fourth-order valence-corrected chi connectivity index (χ4v) is 5.65. The van der Waals surface area contributed by atoms with E-state index in [1.54, 1.807) is 0 Å². The summed E-state index contributed by atoms with van der Waals surface area (Å²) < 4.78 is 205. The number of carbonyl (C=O) groups is 1. The van der Waals surface area contributed by atoms with Crippen LogP contribution in [0.15, 0.2) is 76.5 Å². The van der Waals surface area contributed by atoms with E-state index in [1.807, 2.05) is 0 Å². The van der Waals surface area contributed by atoms with E-state index >= 15 is 4.79 Å². The first-order chi connectivity index (χ1) is 29.5. The lowest BCUT2D eigenvalue weighted by Crippen LogP contribution is -2.40. The average Bonchev–Trinajstić information content (AvgIpc) is 3.65. The van der Waals surface area contributed by atoms with Crippen LogP contribution in [0.5, 0.6) is 0 Å². The Balaban J connectivity index is 1.79. The van der Waals surface area contributed by atoms with Crippen LogP contribution in [0.2, 0.25) is 0 Å². The van der Waals surface area contributed by atoms with Gasteiger partial charge in [0.2, 0.25) is 5.91 Å². The summed E-state index contributed by atoms with van der Waals surface area (Å²) in [5.74, 6) is -2.71. The van der Waals surface area contributed by atoms with Crippen molar-refractivity contribution in [1.29, 1.82) is 0 Å². The zero-order chi connectivity index (χ0) is 49.5. The van der Waals surface area contributed by atoms with Gasteiger partial charge in [-0.15, -0.1) is 0 Å². The fourth-order valence-electron chi connectivity index (χ4n) is 4.73. The first-order valence-corrected chi connectivity index (χ1v) is 15.4. The summed E-state index contributed by atoms with van der Waals surface area (Å²) in [7, 11) is 0. The average molecular weight is 698 g/mol. The number of benzene rings is 3. The molecule has 0 spiro atoms. The molecule has 6 nitrogen and oxygen atoms in total. The number of thioether (sulfide) groups is 1. The Morgan fingerprint density at radius 2 is 1.69 bits per heavy atom. The zero-order valence-electron chi connectivity index (χ0n) is 42.9. The molecular weight excluding hydrogens is 640 g/mol. The van der Waals surface area contributed by atoms with E-state index in [2.05, 4.69) is 4.98 Å². The molecule has 0 atom stereocenters. The molecule has 0 unspecified atom stereocenters. The normalized spacial score (nSPS) is 19.5. The first-order valence-electron chi connectivity index (χ1n) is 22.9. The smallest absolute Gasteiger partial charge is 0.336 e. The number of aromatic nitrogens is 2. The minimum absolute atomic E-state index is 0.0192. The third-order valence-electron chi connectivity index (χ3n) is 7.11. The number of hydrogen-bond donors (Lipinski definition) is 0. The highest BCUT2D eigenvalue weighted by Gasteiger charge is 2.32. The summed E-state index contributed by atoms with van der Waals surface area (Å²) in [6.45, 7) is -17.4. The highest BCUT2D eigenvalue weighted by Crippen LogP contribution is 2.34. The molecule has 4 aromatic rings. The van der Waals surface area contributed by atoms with E-state index in [0.29, 0.717) is 35.7 Å². The van der Waals surface area contributed by atoms with Gasteiger partial charge in [-0.2, -0.15) is 18.2 Å². The maximum atomic E-state index is 15.1. The lowest BCUT2D eigenvalue weighted by atomic mass is 9.98. The molecule has 1 amide bonds. The van der Waals surface area contributed by atoms with Crippen molar-refractivity contribution in [2.24, 2.45) is 0 Å². The number of hydrogen-bond acceptors (Lipinski definition) is 5. The standard InChI is InChI=1S/C37H40F4N4O2S/c1-4-43(5-2)19-20-44(22-26-9-13-28(14-10-26)29-15-18-32(25(3)21-29)37(39,40)41)34(46)23-45-33-8-6-7-31(33)35(47)42-36(45)48-24-27-11-16-30(38)17-12-27/h9-18,21H,4-8,19-20,22-24H2,1-3H3/i4D2,5D2,9D,10D,13D,14D,15D,18D,19D2,20D2,21D,23D2. The van der Waals surface area contributed by atoms with Gasteiger partial charge < -0.3 is 14.4 Å². The van der Waals surface area contributed by atoms with E-state index in [9.17, 15) is 27.8 Å². The van der Waals surface area contributed by atoms with E-state index in [1.165, 1.54) is 12.1 Å². The largest absolute Gasteiger partial charge is 0.416 e. The molecule has 11 heteroatoms. The number of fused-ring (bicyclic) bond motifs is 1. The molecule has 0 aliphatic heterocycles. The van der Waals surface area contributed by atoms with E-state index in [-0.39, 0.29) is 46.1 Å². The Morgan fingerprint density at radius 3 is 2.35 bits per heavy atom. The van der Waals surface area contributed by atoms with Gasteiger partial charge in [0.15, 0.2) is 5.16 Å². The lowest BCUT2D eigenvalue weighted by molar-refractivity contribution is -0.138. The molecule has 5 rings (SSSR count). The minimum Gasteiger partial charge on any atom is -0.336 e. The number of likely N-dealkylation sites (N-methyl/N-ethyl adjacent to an activating group) is 1. The molecule has 0 saturated carbocycles. The number of carbonyl (C=O) groups excluding carboxylic acids is 1. The predicted molar refractivity (Wildman–Crippen MR) is 181 cm³/mol.